The van der Waals surface area contributed by atoms with Crippen molar-refractivity contribution in [3.05, 3.63) is 23.8 Å². The van der Waals surface area contributed by atoms with E-state index in [1.165, 1.54) is 0 Å². The second-order valence-corrected chi connectivity index (χ2v) is 6.75. The minimum absolute atomic E-state index is 0. The largest absolute Gasteiger partial charge is 0.493 e. The molecule has 166 valence electrons. The first-order chi connectivity index (χ1) is 13.8. The standard InChI is InChI=1S/C21H35N3O4.HI/c1-4-28-19-7-6-18(14-20(19)25-3)15-24-21(22-2)23-10-5-11-27-16-17-8-12-26-13-9-17;/h6-7,14,17H,4-5,8-13,15-16H2,1-3H3,(H2,22,23,24);1H. The molecule has 1 aromatic carbocycles. The lowest BCUT2D eigenvalue weighted by atomic mass is 10.0. The molecule has 0 atom stereocenters. The third-order valence-electron chi connectivity index (χ3n) is 4.66. The summed E-state index contributed by atoms with van der Waals surface area (Å²) in [5.41, 5.74) is 1.10. The first-order valence-electron chi connectivity index (χ1n) is 10.2. The number of aliphatic imine (C=N–C) groups is 1. The smallest absolute Gasteiger partial charge is 0.191 e. The Hall–Kier alpha value is -1.26. The maximum Gasteiger partial charge on any atom is 0.191 e. The maximum atomic E-state index is 5.79. The van der Waals surface area contributed by atoms with E-state index in [4.69, 9.17) is 18.9 Å². The topological polar surface area (TPSA) is 73.3 Å². The highest BCUT2D eigenvalue weighted by Crippen LogP contribution is 2.27. The minimum Gasteiger partial charge on any atom is -0.493 e. The Morgan fingerprint density at radius 2 is 2.00 bits per heavy atom. The van der Waals surface area contributed by atoms with Gasteiger partial charge in [0.2, 0.25) is 0 Å². The summed E-state index contributed by atoms with van der Waals surface area (Å²) < 4.78 is 22.1. The normalized spacial score (nSPS) is 14.8. The molecule has 0 unspecified atom stereocenters. The fraction of sp³-hybridized carbons (Fsp3) is 0.667. The third-order valence-corrected chi connectivity index (χ3v) is 4.66. The second-order valence-electron chi connectivity index (χ2n) is 6.75. The van der Waals surface area contributed by atoms with Crippen molar-refractivity contribution in [1.29, 1.82) is 0 Å². The first kappa shape index (κ1) is 25.8. The van der Waals surface area contributed by atoms with E-state index >= 15 is 0 Å². The highest BCUT2D eigenvalue weighted by molar-refractivity contribution is 14.0. The summed E-state index contributed by atoms with van der Waals surface area (Å²) in [5.74, 6) is 2.93. The molecular weight excluding hydrogens is 485 g/mol. The van der Waals surface area contributed by atoms with Crippen molar-refractivity contribution in [1.82, 2.24) is 10.6 Å². The van der Waals surface area contributed by atoms with Gasteiger partial charge in [-0.1, -0.05) is 6.07 Å². The van der Waals surface area contributed by atoms with Crippen LogP contribution in [0.3, 0.4) is 0 Å². The van der Waals surface area contributed by atoms with Crippen molar-refractivity contribution in [2.45, 2.75) is 32.7 Å². The summed E-state index contributed by atoms with van der Waals surface area (Å²) in [6.45, 7) is 7.40. The van der Waals surface area contributed by atoms with Gasteiger partial charge in [0.1, 0.15) is 0 Å². The third kappa shape index (κ3) is 9.86. The Labute approximate surface area is 191 Å². The monoisotopic (exact) mass is 521 g/mol. The van der Waals surface area contributed by atoms with Crippen LogP contribution < -0.4 is 20.1 Å². The Kier molecular flexibility index (Phi) is 13.8. The number of ether oxygens (including phenoxy) is 4. The molecule has 1 aromatic rings. The Morgan fingerprint density at radius 3 is 2.69 bits per heavy atom. The van der Waals surface area contributed by atoms with Crippen molar-refractivity contribution in [2.24, 2.45) is 10.9 Å². The molecule has 2 rings (SSSR count). The number of benzene rings is 1. The van der Waals surface area contributed by atoms with Crippen LogP contribution in [0.5, 0.6) is 11.5 Å². The number of hydrogen-bond acceptors (Lipinski definition) is 5. The molecule has 0 amide bonds. The van der Waals surface area contributed by atoms with Crippen molar-refractivity contribution in [3.8, 4) is 11.5 Å². The van der Waals surface area contributed by atoms with Crippen LogP contribution >= 0.6 is 24.0 Å². The molecule has 1 aliphatic heterocycles. The van der Waals surface area contributed by atoms with E-state index < -0.39 is 0 Å². The zero-order valence-electron chi connectivity index (χ0n) is 17.9. The average Bonchev–Trinajstić information content (AvgIpc) is 2.74. The molecule has 7 nitrogen and oxygen atoms in total. The van der Waals surface area contributed by atoms with Gasteiger partial charge in [-0.3, -0.25) is 4.99 Å². The van der Waals surface area contributed by atoms with Gasteiger partial charge >= 0.3 is 0 Å². The molecule has 1 fully saturated rings. The minimum atomic E-state index is 0. The van der Waals surface area contributed by atoms with Gasteiger partial charge in [-0.15, -0.1) is 24.0 Å². The number of methoxy groups -OCH3 is 1. The van der Waals surface area contributed by atoms with Crippen LogP contribution in [-0.2, 0) is 16.0 Å². The Morgan fingerprint density at radius 1 is 1.21 bits per heavy atom. The molecule has 2 N–H and O–H groups in total. The number of nitrogens with zero attached hydrogens (tertiary/aromatic N) is 1. The molecule has 0 aromatic heterocycles. The van der Waals surface area contributed by atoms with Crippen LogP contribution in [0.25, 0.3) is 0 Å². The summed E-state index contributed by atoms with van der Waals surface area (Å²) >= 11 is 0. The van der Waals surface area contributed by atoms with E-state index in [1.807, 2.05) is 25.1 Å². The van der Waals surface area contributed by atoms with Crippen LogP contribution in [0.4, 0.5) is 0 Å². The summed E-state index contributed by atoms with van der Waals surface area (Å²) in [7, 11) is 3.43. The SMILES string of the molecule is CCOc1ccc(CNC(=NC)NCCCOCC2CCOCC2)cc1OC.I. The zero-order chi connectivity index (χ0) is 20.0. The molecular formula is C21H36IN3O4. The van der Waals surface area contributed by atoms with Crippen molar-refractivity contribution in [2.75, 3.05) is 53.7 Å². The number of rotatable bonds is 11. The second kappa shape index (κ2) is 15.6. The molecule has 1 aliphatic rings. The highest BCUT2D eigenvalue weighted by atomic mass is 127. The molecule has 0 aliphatic carbocycles. The predicted molar refractivity (Wildman–Crippen MR) is 127 cm³/mol. The van der Waals surface area contributed by atoms with Crippen LogP contribution in [0.1, 0.15) is 31.7 Å². The number of nitrogens with one attached hydrogen (secondary N) is 2. The van der Waals surface area contributed by atoms with Gasteiger partial charge in [0.05, 0.1) is 13.7 Å². The molecule has 8 heteroatoms. The number of halogens is 1. The lowest BCUT2D eigenvalue weighted by Gasteiger charge is -2.21. The summed E-state index contributed by atoms with van der Waals surface area (Å²) in [6, 6.07) is 5.94. The van der Waals surface area contributed by atoms with Gasteiger partial charge in [0.15, 0.2) is 17.5 Å². The van der Waals surface area contributed by atoms with Gasteiger partial charge in [-0.2, -0.15) is 0 Å². The summed E-state index contributed by atoms with van der Waals surface area (Å²) in [4.78, 5) is 4.27. The fourth-order valence-corrected chi connectivity index (χ4v) is 3.05. The van der Waals surface area contributed by atoms with Crippen molar-refractivity contribution >= 4 is 29.9 Å². The van der Waals surface area contributed by atoms with Crippen LogP contribution in [-0.4, -0.2) is 59.7 Å². The maximum absolute atomic E-state index is 5.79. The van der Waals surface area contributed by atoms with Crippen LogP contribution in [0, 0.1) is 5.92 Å². The van der Waals surface area contributed by atoms with Gasteiger partial charge in [-0.05, 0) is 49.8 Å². The van der Waals surface area contributed by atoms with E-state index in [1.54, 1.807) is 14.2 Å². The molecule has 0 radical (unpaired) electrons. The Bertz CT molecular complexity index is 595. The van der Waals surface area contributed by atoms with E-state index in [2.05, 4.69) is 15.6 Å². The zero-order valence-corrected chi connectivity index (χ0v) is 20.2. The van der Waals surface area contributed by atoms with E-state index in [9.17, 15) is 0 Å². The van der Waals surface area contributed by atoms with Crippen LogP contribution in [0.2, 0.25) is 0 Å². The van der Waals surface area contributed by atoms with Crippen LogP contribution in [0.15, 0.2) is 23.2 Å². The number of hydrogen-bond donors (Lipinski definition) is 2. The molecule has 1 heterocycles. The van der Waals surface area contributed by atoms with E-state index in [0.717, 1.165) is 75.3 Å². The number of guanidine groups is 1. The Balaban J connectivity index is 0.00000420. The lowest BCUT2D eigenvalue weighted by molar-refractivity contribution is 0.0203. The predicted octanol–water partition coefficient (Wildman–Crippen LogP) is 3.21. The fourth-order valence-electron chi connectivity index (χ4n) is 3.05. The molecule has 0 bridgehead atoms. The van der Waals surface area contributed by atoms with Crippen molar-refractivity contribution in [3.63, 3.8) is 0 Å². The molecule has 1 saturated heterocycles. The van der Waals surface area contributed by atoms with Gasteiger partial charge in [0, 0.05) is 46.6 Å². The lowest BCUT2D eigenvalue weighted by Crippen LogP contribution is -2.37. The average molecular weight is 521 g/mol. The molecule has 29 heavy (non-hydrogen) atoms. The molecule has 0 saturated carbocycles. The van der Waals surface area contributed by atoms with Crippen molar-refractivity contribution < 1.29 is 18.9 Å². The van der Waals surface area contributed by atoms with E-state index in [0.29, 0.717) is 19.1 Å². The summed E-state index contributed by atoms with van der Waals surface area (Å²) in [5, 5.41) is 6.64. The van der Waals surface area contributed by atoms with E-state index in [-0.39, 0.29) is 24.0 Å². The first-order valence-corrected chi connectivity index (χ1v) is 10.2. The molecule has 0 spiro atoms. The quantitative estimate of drug-likeness (QED) is 0.202. The summed E-state index contributed by atoms with van der Waals surface area (Å²) in [6.07, 6.45) is 3.18. The highest BCUT2D eigenvalue weighted by Gasteiger charge is 2.13. The van der Waals surface area contributed by atoms with Gasteiger partial charge < -0.3 is 29.6 Å². The van der Waals surface area contributed by atoms with Gasteiger partial charge in [0.25, 0.3) is 0 Å². The van der Waals surface area contributed by atoms with Gasteiger partial charge in [-0.25, -0.2) is 0 Å².